The lowest BCUT2D eigenvalue weighted by molar-refractivity contribution is 0.521. The molecule has 0 aromatic carbocycles. The summed E-state index contributed by atoms with van der Waals surface area (Å²) in [6.45, 7) is 4.68. The van der Waals surface area contributed by atoms with Crippen LogP contribution in [0.25, 0.3) is 9.75 Å². The zero-order valence-electron chi connectivity index (χ0n) is 8.63. The first-order chi connectivity index (χ1) is 7.08. The Balaban J connectivity index is 2.33. The molecule has 0 N–H and O–H groups in total. The summed E-state index contributed by atoms with van der Waals surface area (Å²) in [5.41, 5.74) is 3.31. The molecule has 3 heteroatoms. The van der Waals surface area contributed by atoms with Crippen LogP contribution in [0.4, 0.5) is 0 Å². The van der Waals surface area contributed by atoms with Crippen molar-refractivity contribution in [2.45, 2.75) is 25.7 Å². The minimum atomic E-state index is 0.284. The molecule has 0 radical (unpaired) electrons. The molecule has 1 aliphatic rings. The van der Waals surface area contributed by atoms with E-state index in [2.05, 4.69) is 47.3 Å². The van der Waals surface area contributed by atoms with Crippen LogP contribution in [0, 0.1) is 0 Å². The first-order valence-corrected chi connectivity index (χ1v) is 7.43. The van der Waals surface area contributed by atoms with Crippen LogP contribution >= 0.6 is 38.6 Å². The van der Waals surface area contributed by atoms with Crippen LogP contribution in [-0.4, -0.2) is 0 Å². The molecule has 2 aromatic heterocycles. The number of rotatable bonds is 0. The van der Waals surface area contributed by atoms with Gasteiger partial charge in [0.1, 0.15) is 0 Å². The second kappa shape index (κ2) is 3.19. The summed E-state index contributed by atoms with van der Waals surface area (Å²) in [4.78, 5) is 2.96. The molecule has 78 valence electrons. The van der Waals surface area contributed by atoms with Gasteiger partial charge in [0.15, 0.2) is 0 Å². The van der Waals surface area contributed by atoms with Crippen LogP contribution in [-0.2, 0) is 11.8 Å². The molecule has 0 aliphatic heterocycles. The van der Waals surface area contributed by atoms with Gasteiger partial charge in [-0.25, -0.2) is 0 Å². The molecule has 0 saturated heterocycles. The third-order valence-electron chi connectivity index (χ3n) is 3.02. The Morgan fingerprint density at radius 3 is 2.93 bits per heavy atom. The van der Waals surface area contributed by atoms with Gasteiger partial charge in [-0.05, 0) is 56.4 Å². The maximum atomic E-state index is 3.61. The van der Waals surface area contributed by atoms with Crippen LogP contribution in [0.2, 0.25) is 0 Å². The zero-order valence-corrected chi connectivity index (χ0v) is 11.9. The number of hydrogen-bond donors (Lipinski definition) is 0. The molecule has 1 aliphatic carbocycles. The first kappa shape index (κ1) is 10.1. The summed E-state index contributed by atoms with van der Waals surface area (Å²) < 4.78 is 1.25. The molecule has 0 bridgehead atoms. The van der Waals surface area contributed by atoms with E-state index in [0.29, 0.717) is 0 Å². The van der Waals surface area contributed by atoms with Crippen molar-refractivity contribution in [2.24, 2.45) is 0 Å². The van der Waals surface area contributed by atoms with Gasteiger partial charge in [-0.15, -0.1) is 22.7 Å². The summed E-state index contributed by atoms with van der Waals surface area (Å²) in [6.07, 6.45) is 1.17. The lowest BCUT2D eigenvalue weighted by Crippen LogP contribution is -2.23. The van der Waals surface area contributed by atoms with Gasteiger partial charge in [0.25, 0.3) is 0 Å². The van der Waals surface area contributed by atoms with Crippen LogP contribution in [0.1, 0.15) is 25.0 Å². The minimum Gasteiger partial charge on any atom is -0.143 e. The van der Waals surface area contributed by atoms with Crippen molar-refractivity contribution < 1.29 is 0 Å². The van der Waals surface area contributed by atoms with E-state index in [0.717, 1.165) is 0 Å². The van der Waals surface area contributed by atoms with Crippen molar-refractivity contribution in [3.63, 3.8) is 0 Å². The van der Waals surface area contributed by atoms with Crippen LogP contribution < -0.4 is 0 Å². The molecule has 2 heterocycles. The van der Waals surface area contributed by atoms with Crippen molar-refractivity contribution in [1.82, 2.24) is 0 Å². The predicted molar refractivity (Wildman–Crippen MR) is 72.1 cm³/mol. The van der Waals surface area contributed by atoms with Gasteiger partial charge in [0, 0.05) is 9.75 Å². The molecule has 3 rings (SSSR count). The molecule has 0 fully saturated rings. The first-order valence-electron chi connectivity index (χ1n) is 4.94. The van der Waals surface area contributed by atoms with Gasteiger partial charge < -0.3 is 0 Å². The van der Waals surface area contributed by atoms with E-state index < -0.39 is 0 Å². The molecule has 0 amide bonds. The van der Waals surface area contributed by atoms with Crippen molar-refractivity contribution in [2.75, 3.05) is 0 Å². The van der Waals surface area contributed by atoms with Gasteiger partial charge in [0.2, 0.25) is 0 Å². The third kappa shape index (κ3) is 1.44. The summed E-state index contributed by atoms with van der Waals surface area (Å²) in [7, 11) is 0. The number of hydrogen-bond acceptors (Lipinski definition) is 2. The fourth-order valence-corrected chi connectivity index (χ4v) is 5.18. The summed E-state index contributed by atoms with van der Waals surface area (Å²) >= 11 is 7.35. The highest BCUT2D eigenvalue weighted by Crippen LogP contribution is 2.50. The minimum absolute atomic E-state index is 0.284. The standard InChI is InChI=1S/C12H11BrS2/c1-12(2)6-7-3-4-14-10(7)11-8(12)5-9(13)15-11/h3-5H,6H2,1-2H3. The summed E-state index contributed by atoms with van der Waals surface area (Å²) in [5.74, 6) is 0. The monoisotopic (exact) mass is 298 g/mol. The topological polar surface area (TPSA) is 0 Å². The second-order valence-corrected chi connectivity index (χ2v) is 7.98. The molecular weight excluding hydrogens is 288 g/mol. The van der Waals surface area contributed by atoms with E-state index in [4.69, 9.17) is 0 Å². The van der Waals surface area contributed by atoms with Gasteiger partial charge >= 0.3 is 0 Å². The molecule has 0 unspecified atom stereocenters. The van der Waals surface area contributed by atoms with Gasteiger partial charge in [-0.1, -0.05) is 13.8 Å². The highest BCUT2D eigenvalue weighted by atomic mass is 79.9. The van der Waals surface area contributed by atoms with Crippen molar-refractivity contribution in [3.05, 3.63) is 32.4 Å². The smallest absolute Gasteiger partial charge is 0.0708 e. The SMILES string of the molecule is CC1(C)Cc2ccsc2-c2sc(Br)cc21. The fraction of sp³-hybridized carbons (Fsp3) is 0.333. The molecule has 0 spiro atoms. The Morgan fingerprint density at radius 1 is 1.33 bits per heavy atom. The van der Waals surface area contributed by atoms with Crippen molar-refractivity contribution >= 4 is 38.6 Å². The summed E-state index contributed by atoms with van der Waals surface area (Å²) in [5, 5.41) is 2.21. The Labute approximate surface area is 106 Å². The second-order valence-electron chi connectivity index (χ2n) is 4.63. The molecular formula is C12H11BrS2. The number of thiophene rings is 2. The maximum Gasteiger partial charge on any atom is 0.0708 e. The average molecular weight is 299 g/mol. The molecule has 0 nitrogen and oxygen atoms in total. The molecule has 15 heavy (non-hydrogen) atoms. The average Bonchev–Trinajstić information content (AvgIpc) is 2.69. The van der Waals surface area contributed by atoms with Crippen molar-refractivity contribution in [3.8, 4) is 9.75 Å². The van der Waals surface area contributed by atoms with Crippen molar-refractivity contribution in [1.29, 1.82) is 0 Å². The fourth-order valence-electron chi connectivity index (χ4n) is 2.28. The highest BCUT2D eigenvalue weighted by Gasteiger charge is 2.33. The number of halogens is 1. The van der Waals surface area contributed by atoms with E-state index in [-0.39, 0.29) is 5.41 Å². The van der Waals surface area contributed by atoms with Gasteiger partial charge in [0.05, 0.1) is 3.79 Å². The largest absolute Gasteiger partial charge is 0.143 e. The van der Waals surface area contributed by atoms with Crippen LogP contribution in [0.5, 0.6) is 0 Å². The highest BCUT2D eigenvalue weighted by molar-refractivity contribution is 9.11. The Bertz CT molecular complexity index is 519. The van der Waals surface area contributed by atoms with Gasteiger partial charge in [-0.3, -0.25) is 0 Å². The lowest BCUT2D eigenvalue weighted by atomic mass is 9.76. The van der Waals surface area contributed by atoms with E-state index in [1.165, 1.54) is 31.1 Å². The lowest BCUT2D eigenvalue weighted by Gasteiger charge is -2.29. The maximum absolute atomic E-state index is 3.61. The third-order valence-corrected chi connectivity index (χ3v) is 5.78. The molecule has 0 atom stereocenters. The Hall–Kier alpha value is -0.120. The summed E-state index contributed by atoms with van der Waals surface area (Å²) in [6, 6.07) is 4.57. The number of fused-ring (bicyclic) bond motifs is 3. The van der Waals surface area contributed by atoms with Crippen LogP contribution in [0.3, 0.4) is 0 Å². The Morgan fingerprint density at radius 2 is 2.13 bits per heavy atom. The quantitative estimate of drug-likeness (QED) is 0.637. The van der Waals surface area contributed by atoms with E-state index in [1.807, 2.05) is 22.7 Å². The zero-order chi connectivity index (χ0) is 10.6. The van der Waals surface area contributed by atoms with Crippen LogP contribution in [0.15, 0.2) is 21.3 Å². The van der Waals surface area contributed by atoms with E-state index in [9.17, 15) is 0 Å². The van der Waals surface area contributed by atoms with E-state index >= 15 is 0 Å². The predicted octanol–water partition coefficient (Wildman–Crippen LogP) is 5.07. The van der Waals surface area contributed by atoms with E-state index in [1.54, 1.807) is 0 Å². The van der Waals surface area contributed by atoms with Gasteiger partial charge in [-0.2, -0.15) is 0 Å². The Kier molecular flexibility index (Phi) is 2.14. The molecule has 0 saturated carbocycles. The molecule has 2 aromatic rings. The normalized spacial score (nSPS) is 17.3.